The Morgan fingerprint density at radius 2 is 1.59 bits per heavy atom. The summed E-state index contributed by atoms with van der Waals surface area (Å²) in [6.07, 6.45) is 6.80. The summed E-state index contributed by atoms with van der Waals surface area (Å²) in [5.74, 6) is 0.445. The monoisotopic (exact) mass is 399 g/mol. The van der Waals surface area contributed by atoms with Crippen LogP contribution in [-0.2, 0) is 0 Å². The van der Waals surface area contributed by atoms with Crippen LogP contribution in [0.15, 0.2) is 73.3 Å². The molecule has 2 aromatic carbocycles. The van der Waals surface area contributed by atoms with Crippen LogP contribution in [0.4, 0.5) is 0 Å². The van der Waals surface area contributed by atoms with Crippen molar-refractivity contribution in [3.8, 4) is 32.3 Å². The van der Waals surface area contributed by atoms with Crippen LogP contribution in [0.25, 0.3) is 32.3 Å². The van der Waals surface area contributed by atoms with Crippen LogP contribution in [-0.4, -0.2) is 25.7 Å². The molecule has 1 fully saturated rings. The molecule has 29 heavy (non-hydrogen) atoms. The van der Waals surface area contributed by atoms with Crippen molar-refractivity contribution >= 4 is 11.3 Å². The first-order valence-corrected chi connectivity index (χ1v) is 10.6. The summed E-state index contributed by atoms with van der Waals surface area (Å²) in [6.45, 7) is 1.91. The van der Waals surface area contributed by atoms with Crippen molar-refractivity contribution in [1.29, 1.82) is 0 Å². The molecule has 4 aromatic rings. The van der Waals surface area contributed by atoms with Gasteiger partial charge in [-0.3, -0.25) is 0 Å². The van der Waals surface area contributed by atoms with Crippen molar-refractivity contribution < 1.29 is 5.11 Å². The van der Waals surface area contributed by atoms with Crippen LogP contribution < -0.4 is 0 Å². The summed E-state index contributed by atoms with van der Waals surface area (Å²) in [4.78, 5) is 14.4. The van der Waals surface area contributed by atoms with Crippen LogP contribution in [0.2, 0.25) is 0 Å². The zero-order valence-corrected chi connectivity index (χ0v) is 16.9. The Morgan fingerprint density at radius 1 is 0.897 bits per heavy atom. The molecule has 0 amide bonds. The molecule has 5 rings (SSSR count). The Labute approximate surface area is 174 Å². The van der Waals surface area contributed by atoms with E-state index in [4.69, 9.17) is 4.98 Å². The lowest BCUT2D eigenvalue weighted by atomic mass is 9.69. The second kappa shape index (κ2) is 7.17. The van der Waals surface area contributed by atoms with Gasteiger partial charge >= 0.3 is 0 Å². The Kier molecular flexibility index (Phi) is 4.49. The fourth-order valence-electron chi connectivity index (χ4n) is 3.98. The van der Waals surface area contributed by atoms with Crippen molar-refractivity contribution in [3.63, 3.8) is 0 Å². The second-order valence-corrected chi connectivity index (χ2v) is 8.91. The Bertz CT molecular complexity index is 1110. The third-order valence-electron chi connectivity index (χ3n) is 5.50. The quantitative estimate of drug-likeness (QED) is 0.488. The van der Waals surface area contributed by atoms with Crippen LogP contribution >= 0.6 is 11.3 Å². The smallest absolute Gasteiger partial charge is 0.127 e. The van der Waals surface area contributed by atoms with E-state index < -0.39 is 5.60 Å². The molecule has 4 nitrogen and oxygen atoms in total. The molecule has 0 radical (unpaired) electrons. The summed E-state index contributed by atoms with van der Waals surface area (Å²) in [6, 6.07) is 19.0. The molecule has 144 valence electrons. The normalized spacial score (nSPS) is 21.0. The van der Waals surface area contributed by atoms with E-state index in [-0.39, 0.29) is 0 Å². The fraction of sp³-hybridized carbons (Fsp3) is 0.208. The predicted molar refractivity (Wildman–Crippen MR) is 117 cm³/mol. The lowest BCUT2D eigenvalue weighted by molar-refractivity contribution is -0.0313. The van der Waals surface area contributed by atoms with Crippen LogP contribution in [0.5, 0.6) is 0 Å². The zero-order chi connectivity index (χ0) is 19.8. The Morgan fingerprint density at radius 3 is 2.24 bits per heavy atom. The van der Waals surface area contributed by atoms with E-state index in [0.29, 0.717) is 5.92 Å². The third kappa shape index (κ3) is 3.59. The largest absolute Gasteiger partial charge is 0.390 e. The molecule has 1 aliphatic rings. The maximum Gasteiger partial charge on any atom is 0.127 e. The van der Waals surface area contributed by atoms with Gasteiger partial charge in [0.15, 0.2) is 0 Å². The lowest BCUT2D eigenvalue weighted by Crippen LogP contribution is -2.39. The SMILES string of the molecule is CC1(O)CC(c2ccc(-c3nc(-c4cncnc4)sc3-c3ccccc3)cc2)C1. The molecule has 0 aliphatic heterocycles. The van der Waals surface area contributed by atoms with Gasteiger partial charge in [0, 0.05) is 23.5 Å². The van der Waals surface area contributed by atoms with Gasteiger partial charge in [0.05, 0.1) is 16.2 Å². The molecule has 2 aromatic heterocycles. The molecule has 0 saturated heterocycles. The predicted octanol–water partition coefficient (Wildman–Crippen LogP) is 5.56. The van der Waals surface area contributed by atoms with Gasteiger partial charge in [0.2, 0.25) is 0 Å². The van der Waals surface area contributed by atoms with Gasteiger partial charge in [-0.2, -0.15) is 0 Å². The first-order chi connectivity index (χ1) is 14.1. The average molecular weight is 400 g/mol. The summed E-state index contributed by atoms with van der Waals surface area (Å²) < 4.78 is 0. The van der Waals surface area contributed by atoms with E-state index in [0.717, 1.165) is 45.1 Å². The molecule has 0 atom stereocenters. The number of hydrogen-bond donors (Lipinski definition) is 1. The molecule has 2 heterocycles. The van der Waals surface area contributed by atoms with Crippen molar-refractivity contribution in [2.75, 3.05) is 0 Å². The van der Waals surface area contributed by atoms with E-state index >= 15 is 0 Å². The summed E-state index contributed by atoms with van der Waals surface area (Å²) in [7, 11) is 0. The highest BCUT2D eigenvalue weighted by Gasteiger charge is 2.38. The first kappa shape index (κ1) is 18.2. The average Bonchev–Trinajstić information content (AvgIpc) is 3.19. The van der Waals surface area contributed by atoms with Gasteiger partial charge in [-0.05, 0) is 36.8 Å². The molecular formula is C24H21N3OS. The minimum Gasteiger partial charge on any atom is -0.390 e. The molecule has 0 spiro atoms. The molecule has 1 N–H and O–H groups in total. The third-order valence-corrected chi connectivity index (χ3v) is 6.65. The van der Waals surface area contributed by atoms with E-state index in [1.807, 2.05) is 13.0 Å². The number of aliphatic hydroxyl groups is 1. The minimum absolute atomic E-state index is 0.445. The van der Waals surface area contributed by atoms with E-state index in [1.165, 1.54) is 11.9 Å². The number of nitrogens with zero attached hydrogens (tertiary/aromatic N) is 3. The van der Waals surface area contributed by atoms with Gasteiger partial charge in [-0.1, -0.05) is 54.6 Å². The summed E-state index contributed by atoms with van der Waals surface area (Å²) in [5.41, 5.74) is 4.93. The van der Waals surface area contributed by atoms with Crippen LogP contribution in [0, 0.1) is 0 Å². The van der Waals surface area contributed by atoms with Crippen molar-refractivity contribution in [2.45, 2.75) is 31.3 Å². The van der Waals surface area contributed by atoms with Gasteiger partial charge < -0.3 is 5.11 Å². The van der Waals surface area contributed by atoms with Crippen LogP contribution in [0.1, 0.15) is 31.2 Å². The van der Waals surface area contributed by atoms with Crippen molar-refractivity contribution in [2.24, 2.45) is 0 Å². The Balaban J connectivity index is 1.54. The number of aromatic nitrogens is 3. The number of hydrogen-bond acceptors (Lipinski definition) is 5. The lowest BCUT2D eigenvalue weighted by Gasteiger charge is -2.41. The first-order valence-electron chi connectivity index (χ1n) is 9.73. The van der Waals surface area contributed by atoms with Gasteiger partial charge in [0.1, 0.15) is 11.3 Å². The van der Waals surface area contributed by atoms with E-state index in [2.05, 4.69) is 58.5 Å². The molecule has 1 aliphatic carbocycles. The minimum atomic E-state index is -0.509. The van der Waals surface area contributed by atoms with Crippen molar-refractivity contribution in [1.82, 2.24) is 15.0 Å². The maximum absolute atomic E-state index is 10.0. The number of thiazole rings is 1. The van der Waals surface area contributed by atoms with E-state index in [9.17, 15) is 5.11 Å². The number of benzene rings is 2. The summed E-state index contributed by atoms with van der Waals surface area (Å²) in [5, 5.41) is 10.9. The molecular weight excluding hydrogens is 378 g/mol. The van der Waals surface area contributed by atoms with Gasteiger partial charge in [0.25, 0.3) is 0 Å². The number of rotatable bonds is 4. The maximum atomic E-state index is 10.0. The van der Waals surface area contributed by atoms with Gasteiger partial charge in [-0.25, -0.2) is 15.0 Å². The fourth-order valence-corrected chi connectivity index (χ4v) is 5.05. The molecule has 5 heteroatoms. The van der Waals surface area contributed by atoms with Crippen LogP contribution in [0.3, 0.4) is 0 Å². The van der Waals surface area contributed by atoms with Crippen molar-refractivity contribution in [3.05, 3.63) is 78.9 Å². The summed E-state index contributed by atoms with van der Waals surface area (Å²) >= 11 is 1.66. The van der Waals surface area contributed by atoms with Gasteiger partial charge in [-0.15, -0.1) is 11.3 Å². The second-order valence-electron chi connectivity index (χ2n) is 7.91. The molecule has 0 unspecified atom stereocenters. The molecule has 0 bridgehead atoms. The Hall–Kier alpha value is -2.89. The molecule has 1 saturated carbocycles. The zero-order valence-electron chi connectivity index (χ0n) is 16.1. The van der Waals surface area contributed by atoms with E-state index in [1.54, 1.807) is 23.7 Å². The highest BCUT2D eigenvalue weighted by Crippen LogP contribution is 2.45. The highest BCUT2D eigenvalue weighted by molar-refractivity contribution is 7.19. The highest BCUT2D eigenvalue weighted by atomic mass is 32.1. The topological polar surface area (TPSA) is 58.9 Å². The standard InChI is InChI=1S/C24H21N3OS/c1-24(28)11-19(12-24)16-7-9-17(10-8-16)21-22(18-5-3-2-4-6-18)29-23(27-21)20-13-25-15-26-14-20/h2-10,13-15,19,28H,11-12H2,1H3.